The number of rotatable bonds is 15. The number of aliphatic carboxylic acids is 1. The molecule has 36 heavy (non-hydrogen) atoms. The standard InChI is InChI=1S/C16H19NO3.C8H19N.C6H8S/c1-11(2)15(20-13-8-6-5-7-9-13)14(17-4)10-12(3)16(18)19;1-3-5-7-9-8-6-4-2;1-3-5-6-7-4-2/h5-10,17H,3H2,1-2,4H3,(H,18,19);9H,3-8H2,1-2H3;3-6H,1-2H2/b14-10+;;6-5-. The summed E-state index contributed by atoms with van der Waals surface area (Å²) in [6.45, 7) is 21.2. The summed E-state index contributed by atoms with van der Waals surface area (Å²) in [7, 11) is 1.71. The van der Waals surface area contributed by atoms with Gasteiger partial charge in [-0.15, -0.1) is 11.8 Å². The van der Waals surface area contributed by atoms with Crippen molar-refractivity contribution < 1.29 is 14.6 Å². The molecule has 6 heteroatoms. The van der Waals surface area contributed by atoms with Crippen LogP contribution in [0.3, 0.4) is 0 Å². The summed E-state index contributed by atoms with van der Waals surface area (Å²) in [5, 5.41) is 18.9. The van der Waals surface area contributed by atoms with E-state index in [-0.39, 0.29) is 5.57 Å². The van der Waals surface area contributed by atoms with Crippen LogP contribution in [0.4, 0.5) is 0 Å². The molecule has 0 radical (unpaired) electrons. The van der Waals surface area contributed by atoms with E-state index in [2.05, 4.69) is 44.2 Å². The molecule has 0 bridgehead atoms. The minimum absolute atomic E-state index is 0.00948. The molecule has 0 aromatic heterocycles. The fourth-order valence-corrected chi connectivity index (χ4v) is 2.72. The summed E-state index contributed by atoms with van der Waals surface area (Å²) < 4.78 is 5.82. The summed E-state index contributed by atoms with van der Waals surface area (Å²) >= 11 is 1.54. The Balaban J connectivity index is 0. The number of nitrogens with one attached hydrogen (secondary N) is 2. The summed E-state index contributed by atoms with van der Waals surface area (Å²) in [5.41, 5.74) is 1.48. The number of carboxylic acid groups (broad SMARTS) is 1. The minimum Gasteiger partial charge on any atom is -0.478 e. The number of thioether (sulfide) groups is 1. The van der Waals surface area contributed by atoms with Crippen LogP contribution in [0.5, 0.6) is 5.75 Å². The molecule has 1 rings (SSSR count). The molecule has 0 heterocycles. The molecule has 5 nitrogen and oxygen atoms in total. The van der Waals surface area contributed by atoms with Crippen molar-refractivity contribution in [3.05, 3.63) is 102 Å². The predicted molar refractivity (Wildman–Crippen MR) is 159 cm³/mol. The number of carboxylic acids is 1. The van der Waals surface area contributed by atoms with E-state index in [0.29, 0.717) is 17.2 Å². The first kappa shape index (κ1) is 35.2. The Morgan fingerprint density at radius 2 is 1.67 bits per heavy atom. The molecule has 1 aromatic rings. The number of hydrogen-bond donors (Lipinski definition) is 3. The lowest BCUT2D eigenvalue weighted by Crippen LogP contribution is -2.15. The van der Waals surface area contributed by atoms with Gasteiger partial charge in [-0.2, -0.15) is 0 Å². The summed E-state index contributed by atoms with van der Waals surface area (Å²) in [6.07, 6.45) is 10.3. The van der Waals surface area contributed by atoms with Gasteiger partial charge in [-0.3, -0.25) is 0 Å². The molecule has 200 valence electrons. The van der Waals surface area contributed by atoms with Crippen LogP contribution >= 0.6 is 11.8 Å². The summed E-state index contributed by atoms with van der Waals surface area (Å²) in [4.78, 5) is 10.9. The first-order valence-electron chi connectivity index (χ1n) is 12.3. The van der Waals surface area contributed by atoms with Gasteiger partial charge in [0, 0.05) is 7.05 Å². The molecule has 0 aliphatic rings. The highest BCUT2D eigenvalue weighted by molar-refractivity contribution is 8.04. The Hall–Kier alpha value is -2.96. The van der Waals surface area contributed by atoms with E-state index >= 15 is 0 Å². The van der Waals surface area contributed by atoms with E-state index in [1.807, 2.05) is 55.7 Å². The lowest BCUT2D eigenvalue weighted by molar-refractivity contribution is -0.132. The molecule has 0 spiro atoms. The molecule has 0 aliphatic heterocycles. The SMILES string of the molecule is C=C(/C=C(/NC)C(Oc1ccccc1)=C(C)C)C(=O)O.C=C/C=C\SC=C.CCCCNCCCC. The van der Waals surface area contributed by atoms with E-state index in [1.54, 1.807) is 30.3 Å². The normalized spacial score (nSPS) is 10.2. The predicted octanol–water partition coefficient (Wildman–Crippen LogP) is 7.84. The van der Waals surface area contributed by atoms with Crippen LogP contribution in [0.2, 0.25) is 0 Å². The number of benzene rings is 1. The van der Waals surface area contributed by atoms with Crippen LogP contribution in [0.15, 0.2) is 102 Å². The van der Waals surface area contributed by atoms with Crippen molar-refractivity contribution in [2.45, 2.75) is 53.4 Å². The third-order valence-corrected chi connectivity index (χ3v) is 4.83. The van der Waals surface area contributed by atoms with Gasteiger partial charge in [0.25, 0.3) is 0 Å². The fourth-order valence-electron chi connectivity index (χ4n) is 2.41. The van der Waals surface area contributed by atoms with E-state index in [1.165, 1.54) is 44.8 Å². The highest BCUT2D eigenvalue weighted by Gasteiger charge is 2.11. The van der Waals surface area contributed by atoms with E-state index in [9.17, 15) is 4.79 Å². The van der Waals surface area contributed by atoms with Gasteiger partial charge in [0.2, 0.25) is 0 Å². The van der Waals surface area contributed by atoms with Crippen molar-refractivity contribution >= 4 is 17.7 Å². The molecule has 0 amide bonds. The van der Waals surface area contributed by atoms with Gasteiger partial charge in [-0.1, -0.05) is 76.8 Å². The first-order chi connectivity index (χ1) is 17.3. The molecular formula is C30H46N2O3S. The van der Waals surface area contributed by atoms with Crippen LogP contribution in [-0.2, 0) is 4.79 Å². The van der Waals surface area contributed by atoms with Gasteiger partial charge in [0.05, 0.1) is 11.3 Å². The quantitative estimate of drug-likeness (QED) is 0.0958. The van der Waals surface area contributed by atoms with E-state index < -0.39 is 5.97 Å². The van der Waals surface area contributed by atoms with Crippen molar-refractivity contribution in [3.63, 3.8) is 0 Å². The number of ether oxygens (including phenoxy) is 1. The number of carbonyl (C=O) groups is 1. The maximum absolute atomic E-state index is 10.9. The number of unbranched alkanes of at least 4 members (excludes halogenated alkanes) is 2. The molecule has 0 saturated carbocycles. The average Bonchev–Trinajstić information content (AvgIpc) is 2.87. The van der Waals surface area contributed by atoms with Crippen molar-refractivity contribution in [1.29, 1.82) is 0 Å². The van der Waals surface area contributed by atoms with Gasteiger partial charge in [0.1, 0.15) is 11.5 Å². The lowest BCUT2D eigenvalue weighted by Gasteiger charge is -2.15. The molecule has 3 N–H and O–H groups in total. The number of hydrogen-bond acceptors (Lipinski definition) is 5. The fraction of sp³-hybridized carbons (Fsp3) is 0.367. The Labute approximate surface area is 223 Å². The highest BCUT2D eigenvalue weighted by atomic mass is 32.2. The summed E-state index contributed by atoms with van der Waals surface area (Å²) in [6, 6.07) is 9.31. The van der Waals surface area contributed by atoms with Crippen LogP contribution in [0.25, 0.3) is 0 Å². The Kier molecular flexibility index (Phi) is 24.6. The Morgan fingerprint density at radius 1 is 1.08 bits per heavy atom. The maximum atomic E-state index is 10.9. The van der Waals surface area contributed by atoms with Gasteiger partial charge < -0.3 is 20.5 Å². The zero-order valence-corrected chi connectivity index (χ0v) is 23.6. The minimum atomic E-state index is -1.06. The van der Waals surface area contributed by atoms with Crippen LogP contribution in [-0.4, -0.2) is 31.2 Å². The first-order valence-corrected chi connectivity index (χ1v) is 13.2. The number of likely N-dealkylation sites (N-methyl/N-ethyl adjacent to an activating group) is 1. The van der Waals surface area contributed by atoms with Crippen molar-refractivity contribution in [3.8, 4) is 5.75 Å². The third-order valence-electron chi connectivity index (χ3n) is 4.33. The van der Waals surface area contributed by atoms with Gasteiger partial charge in [-0.05, 0) is 74.4 Å². The number of allylic oxidation sites excluding steroid dienone is 3. The van der Waals surface area contributed by atoms with Crippen molar-refractivity contribution in [1.82, 2.24) is 10.6 Å². The van der Waals surface area contributed by atoms with Crippen molar-refractivity contribution in [2.75, 3.05) is 20.1 Å². The van der Waals surface area contributed by atoms with E-state index in [0.717, 1.165) is 5.57 Å². The summed E-state index contributed by atoms with van der Waals surface area (Å²) in [5.74, 6) is 0.206. The average molecular weight is 515 g/mol. The highest BCUT2D eigenvalue weighted by Crippen LogP contribution is 2.20. The Bertz CT molecular complexity index is 833. The van der Waals surface area contributed by atoms with Gasteiger partial charge in [0.15, 0.2) is 0 Å². The zero-order valence-electron chi connectivity index (χ0n) is 22.8. The van der Waals surface area contributed by atoms with E-state index in [4.69, 9.17) is 9.84 Å². The topological polar surface area (TPSA) is 70.6 Å². The molecule has 0 fully saturated rings. The molecule has 0 saturated heterocycles. The van der Waals surface area contributed by atoms with Gasteiger partial charge in [-0.25, -0.2) is 4.79 Å². The molecular weight excluding hydrogens is 468 g/mol. The third kappa shape index (κ3) is 20.4. The second-order valence-electron chi connectivity index (χ2n) is 7.71. The van der Waals surface area contributed by atoms with Crippen LogP contribution < -0.4 is 15.4 Å². The maximum Gasteiger partial charge on any atom is 0.335 e. The second-order valence-corrected chi connectivity index (χ2v) is 8.58. The molecule has 0 atom stereocenters. The molecule has 0 unspecified atom stereocenters. The second kappa shape index (κ2) is 25.1. The Morgan fingerprint density at radius 3 is 2.08 bits per heavy atom. The van der Waals surface area contributed by atoms with Crippen molar-refractivity contribution in [2.24, 2.45) is 0 Å². The zero-order chi connectivity index (χ0) is 27.6. The largest absolute Gasteiger partial charge is 0.478 e. The van der Waals surface area contributed by atoms with Crippen LogP contribution in [0, 0.1) is 0 Å². The smallest absolute Gasteiger partial charge is 0.335 e. The molecule has 1 aromatic carbocycles. The number of para-hydroxylation sites is 1. The monoisotopic (exact) mass is 514 g/mol. The van der Waals surface area contributed by atoms with Gasteiger partial charge >= 0.3 is 5.97 Å². The lowest BCUT2D eigenvalue weighted by atomic mass is 10.1. The molecule has 0 aliphatic carbocycles. The van der Waals surface area contributed by atoms with Crippen LogP contribution in [0.1, 0.15) is 53.4 Å².